The Balaban J connectivity index is 1.52. The van der Waals surface area contributed by atoms with E-state index in [1.54, 1.807) is 0 Å². The summed E-state index contributed by atoms with van der Waals surface area (Å²) in [5.41, 5.74) is 4.01. The average molecular weight is 281 g/mol. The number of hydrogen-bond acceptors (Lipinski definition) is 2. The maximum atomic E-state index is 9.53. The lowest BCUT2D eigenvalue weighted by Gasteiger charge is -2.16. The molecule has 0 spiro atoms. The van der Waals surface area contributed by atoms with Gasteiger partial charge < -0.3 is 10.4 Å². The van der Waals surface area contributed by atoms with E-state index in [0.29, 0.717) is 0 Å². The lowest BCUT2D eigenvalue weighted by molar-refractivity contribution is 0.241. The van der Waals surface area contributed by atoms with E-state index in [9.17, 15) is 5.11 Å². The smallest absolute Gasteiger partial charge is 0.0587 e. The third-order valence-corrected chi connectivity index (χ3v) is 4.17. The molecule has 1 fully saturated rings. The second-order valence-electron chi connectivity index (χ2n) is 5.97. The molecule has 1 aliphatic rings. The van der Waals surface area contributed by atoms with Gasteiger partial charge in [-0.2, -0.15) is 0 Å². The van der Waals surface area contributed by atoms with Crippen molar-refractivity contribution in [3.63, 3.8) is 0 Å². The fourth-order valence-corrected chi connectivity index (χ4v) is 2.69. The van der Waals surface area contributed by atoms with Crippen LogP contribution in [0.15, 0.2) is 54.6 Å². The maximum Gasteiger partial charge on any atom is 0.0587 e. The van der Waals surface area contributed by atoms with Crippen LogP contribution in [0, 0.1) is 0 Å². The summed E-state index contributed by atoms with van der Waals surface area (Å²) in [5.74, 6) is 0.815. The summed E-state index contributed by atoms with van der Waals surface area (Å²) in [7, 11) is 0. The predicted octanol–water partition coefficient (Wildman–Crippen LogP) is 3.26. The molecule has 0 saturated heterocycles. The first-order chi connectivity index (χ1) is 10.3. The minimum absolute atomic E-state index is 0.107. The van der Waals surface area contributed by atoms with Crippen molar-refractivity contribution < 1.29 is 5.11 Å². The van der Waals surface area contributed by atoms with Crippen LogP contribution in [0.5, 0.6) is 0 Å². The van der Waals surface area contributed by atoms with E-state index < -0.39 is 0 Å². The Labute approximate surface area is 126 Å². The zero-order valence-electron chi connectivity index (χ0n) is 12.3. The number of benzene rings is 2. The number of aliphatic hydroxyl groups is 1. The van der Waals surface area contributed by atoms with Gasteiger partial charge in [-0.25, -0.2) is 0 Å². The van der Waals surface area contributed by atoms with Crippen molar-refractivity contribution in [1.82, 2.24) is 5.32 Å². The quantitative estimate of drug-likeness (QED) is 0.816. The fourth-order valence-electron chi connectivity index (χ4n) is 2.69. The lowest BCUT2D eigenvalue weighted by atomic mass is 10.1. The van der Waals surface area contributed by atoms with E-state index in [4.69, 9.17) is 0 Å². The molecule has 3 rings (SSSR count). The summed E-state index contributed by atoms with van der Waals surface area (Å²) >= 11 is 0. The van der Waals surface area contributed by atoms with E-state index >= 15 is 0 Å². The van der Waals surface area contributed by atoms with Gasteiger partial charge in [0.15, 0.2) is 0 Å². The van der Waals surface area contributed by atoms with Crippen molar-refractivity contribution in [3.8, 4) is 0 Å². The first-order valence-electron chi connectivity index (χ1n) is 7.82. The highest BCUT2D eigenvalue weighted by atomic mass is 16.3. The zero-order chi connectivity index (χ0) is 14.5. The molecule has 1 atom stereocenters. The van der Waals surface area contributed by atoms with Gasteiger partial charge in [-0.3, -0.25) is 0 Å². The monoisotopic (exact) mass is 281 g/mol. The maximum absolute atomic E-state index is 9.53. The predicted molar refractivity (Wildman–Crippen MR) is 86.3 cm³/mol. The topological polar surface area (TPSA) is 32.3 Å². The molecule has 0 aliphatic heterocycles. The molecule has 2 N–H and O–H groups in total. The Morgan fingerprint density at radius 2 is 1.67 bits per heavy atom. The molecule has 2 nitrogen and oxygen atoms in total. The van der Waals surface area contributed by atoms with Crippen LogP contribution < -0.4 is 5.32 Å². The van der Waals surface area contributed by atoms with E-state index in [-0.39, 0.29) is 12.6 Å². The molecule has 2 aromatic rings. The zero-order valence-corrected chi connectivity index (χ0v) is 12.3. The number of hydrogen-bond donors (Lipinski definition) is 2. The summed E-state index contributed by atoms with van der Waals surface area (Å²) in [4.78, 5) is 0. The van der Waals surface area contributed by atoms with Crippen LogP contribution in [-0.2, 0) is 13.0 Å². The minimum Gasteiger partial charge on any atom is -0.395 e. The highest BCUT2D eigenvalue weighted by Crippen LogP contribution is 2.39. The van der Waals surface area contributed by atoms with Crippen LogP contribution in [0.2, 0.25) is 0 Å². The second kappa shape index (κ2) is 6.88. The van der Waals surface area contributed by atoms with Crippen LogP contribution in [0.25, 0.3) is 0 Å². The first kappa shape index (κ1) is 14.3. The summed E-state index contributed by atoms with van der Waals surface area (Å²) in [6.07, 6.45) is 3.56. The number of aliphatic hydroxyl groups excluding tert-OH is 1. The molecule has 2 heteroatoms. The summed E-state index contributed by atoms with van der Waals surface area (Å²) < 4.78 is 0. The molecule has 0 unspecified atom stereocenters. The molecular weight excluding hydrogens is 258 g/mol. The van der Waals surface area contributed by atoms with Crippen LogP contribution >= 0.6 is 0 Å². The van der Waals surface area contributed by atoms with Crippen LogP contribution in [-0.4, -0.2) is 17.8 Å². The average Bonchev–Trinajstić information content (AvgIpc) is 3.38. The third-order valence-electron chi connectivity index (χ3n) is 4.17. The molecule has 1 aliphatic carbocycles. The molecule has 0 heterocycles. The Hall–Kier alpha value is -1.64. The fraction of sp³-hybridized carbons (Fsp3) is 0.368. The van der Waals surface area contributed by atoms with Gasteiger partial charge in [-0.1, -0.05) is 54.6 Å². The second-order valence-corrected chi connectivity index (χ2v) is 5.97. The van der Waals surface area contributed by atoms with E-state index in [0.717, 1.165) is 18.9 Å². The largest absolute Gasteiger partial charge is 0.395 e. The Bertz CT molecular complexity index is 546. The third kappa shape index (κ3) is 4.16. The van der Waals surface area contributed by atoms with Gasteiger partial charge in [0, 0.05) is 12.6 Å². The number of rotatable bonds is 7. The normalized spacial score (nSPS) is 15.9. The van der Waals surface area contributed by atoms with Gasteiger partial charge in [-0.05, 0) is 41.9 Å². The van der Waals surface area contributed by atoms with Gasteiger partial charge in [-0.15, -0.1) is 0 Å². The van der Waals surface area contributed by atoms with Crippen LogP contribution in [0.4, 0.5) is 0 Å². The number of nitrogens with one attached hydrogen (secondary N) is 1. The SMILES string of the molecule is OC[C@H](Cc1ccccc1)NCc1ccc(C2CC2)cc1. The van der Waals surface area contributed by atoms with Crippen molar-refractivity contribution in [2.24, 2.45) is 0 Å². The van der Waals surface area contributed by atoms with Crippen molar-refractivity contribution >= 4 is 0 Å². The molecule has 1 saturated carbocycles. The molecule has 0 aromatic heterocycles. The minimum atomic E-state index is 0.107. The molecule has 2 aromatic carbocycles. The first-order valence-corrected chi connectivity index (χ1v) is 7.82. The van der Waals surface area contributed by atoms with E-state index in [1.165, 1.54) is 29.5 Å². The van der Waals surface area contributed by atoms with Crippen LogP contribution in [0.1, 0.15) is 35.4 Å². The summed E-state index contributed by atoms with van der Waals surface area (Å²) in [6.45, 7) is 0.970. The van der Waals surface area contributed by atoms with E-state index in [1.807, 2.05) is 18.2 Å². The Morgan fingerprint density at radius 1 is 0.952 bits per heavy atom. The molecule has 0 bridgehead atoms. The lowest BCUT2D eigenvalue weighted by Crippen LogP contribution is -2.34. The Morgan fingerprint density at radius 3 is 2.29 bits per heavy atom. The molecule has 0 radical (unpaired) electrons. The van der Waals surface area contributed by atoms with Crippen molar-refractivity contribution in [2.75, 3.05) is 6.61 Å². The highest BCUT2D eigenvalue weighted by molar-refractivity contribution is 5.28. The van der Waals surface area contributed by atoms with Crippen molar-refractivity contribution in [1.29, 1.82) is 0 Å². The van der Waals surface area contributed by atoms with Gasteiger partial charge >= 0.3 is 0 Å². The highest BCUT2D eigenvalue weighted by Gasteiger charge is 2.22. The molecular formula is C19H23NO. The molecule has 110 valence electrons. The van der Waals surface area contributed by atoms with Crippen molar-refractivity contribution in [3.05, 3.63) is 71.3 Å². The molecule has 0 amide bonds. The van der Waals surface area contributed by atoms with Gasteiger partial charge in [0.2, 0.25) is 0 Å². The Kier molecular flexibility index (Phi) is 4.69. The van der Waals surface area contributed by atoms with E-state index in [2.05, 4.69) is 41.7 Å². The van der Waals surface area contributed by atoms with Gasteiger partial charge in [0.05, 0.1) is 6.61 Å². The van der Waals surface area contributed by atoms with Gasteiger partial charge in [0.1, 0.15) is 0 Å². The summed E-state index contributed by atoms with van der Waals surface area (Å²) in [6, 6.07) is 19.3. The molecule has 21 heavy (non-hydrogen) atoms. The van der Waals surface area contributed by atoms with Gasteiger partial charge in [0.25, 0.3) is 0 Å². The summed E-state index contributed by atoms with van der Waals surface area (Å²) in [5, 5.41) is 13.0. The van der Waals surface area contributed by atoms with Crippen LogP contribution in [0.3, 0.4) is 0 Å². The standard InChI is InChI=1S/C19H23NO/c21-14-19(12-15-4-2-1-3-5-15)20-13-16-6-8-17(9-7-16)18-10-11-18/h1-9,18-21H,10-14H2/t19-/m0/s1. The van der Waals surface area contributed by atoms with Crippen molar-refractivity contribution in [2.45, 2.75) is 37.8 Å².